The first-order valence-corrected chi connectivity index (χ1v) is 7.17. The highest BCUT2D eigenvalue weighted by Crippen LogP contribution is 2.38. The Labute approximate surface area is 111 Å². The summed E-state index contributed by atoms with van der Waals surface area (Å²) in [6, 6.07) is 9.05. The minimum atomic E-state index is 0.551. The molecule has 1 aliphatic heterocycles. The fourth-order valence-corrected chi connectivity index (χ4v) is 3.26. The normalized spacial score (nSPS) is 21.8. The summed E-state index contributed by atoms with van der Waals surface area (Å²) in [4.78, 5) is 0. The second kappa shape index (κ2) is 6.24. The largest absolute Gasteiger partial charge is 0.493 e. The third-order valence-electron chi connectivity index (χ3n) is 4.13. The molecule has 0 aliphatic carbocycles. The molecule has 1 heterocycles. The van der Waals surface area contributed by atoms with Crippen LogP contribution in [0.3, 0.4) is 0 Å². The topological polar surface area (TPSA) is 21.3 Å². The van der Waals surface area contributed by atoms with E-state index in [1.54, 1.807) is 0 Å². The van der Waals surface area contributed by atoms with Crippen LogP contribution in [-0.2, 0) is 0 Å². The van der Waals surface area contributed by atoms with Crippen LogP contribution in [0.2, 0.25) is 0 Å². The zero-order chi connectivity index (χ0) is 13.0. The van der Waals surface area contributed by atoms with Gasteiger partial charge in [0.15, 0.2) is 0 Å². The van der Waals surface area contributed by atoms with Crippen LogP contribution in [0.25, 0.3) is 0 Å². The van der Waals surface area contributed by atoms with Crippen LogP contribution in [0.5, 0.6) is 5.75 Å². The van der Waals surface area contributed by atoms with Crippen molar-refractivity contribution in [2.45, 2.75) is 45.1 Å². The lowest BCUT2D eigenvalue weighted by Crippen LogP contribution is -2.40. The third-order valence-corrected chi connectivity index (χ3v) is 4.13. The lowest BCUT2D eigenvalue weighted by atomic mass is 9.79. The molecule has 0 amide bonds. The smallest absolute Gasteiger partial charge is 0.122 e. The van der Waals surface area contributed by atoms with Gasteiger partial charge >= 0.3 is 0 Å². The van der Waals surface area contributed by atoms with Crippen molar-refractivity contribution in [1.82, 2.24) is 5.32 Å². The van der Waals surface area contributed by atoms with Gasteiger partial charge in [-0.05, 0) is 37.4 Å². The van der Waals surface area contributed by atoms with Gasteiger partial charge in [0.1, 0.15) is 5.75 Å². The second-order valence-corrected chi connectivity index (χ2v) is 5.36. The van der Waals surface area contributed by atoms with E-state index in [4.69, 9.17) is 4.74 Å². The van der Waals surface area contributed by atoms with Gasteiger partial charge in [0.2, 0.25) is 0 Å². The Morgan fingerprint density at radius 3 is 2.89 bits per heavy atom. The van der Waals surface area contributed by atoms with E-state index in [9.17, 15) is 0 Å². The van der Waals surface area contributed by atoms with Crippen LogP contribution in [0.4, 0.5) is 0 Å². The van der Waals surface area contributed by atoms with Crippen molar-refractivity contribution < 1.29 is 4.74 Å². The van der Waals surface area contributed by atoms with Crippen molar-refractivity contribution in [3.05, 3.63) is 29.8 Å². The lowest BCUT2D eigenvalue weighted by molar-refractivity contribution is 0.223. The van der Waals surface area contributed by atoms with Crippen LogP contribution in [0, 0.1) is 5.92 Å². The number of fused-ring (bicyclic) bond motifs is 1. The molecule has 1 aromatic carbocycles. The van der Waals surface area contributed by atoms with E-state index in [-0.39, 0.29) is 0 Å². The predicted octanol–water partition coefficient (Wildman–Crippen LogP) is 3.58. The number of ether oxygens (including phenoxy) is 1. The Hall–Kier alpha value is -1.02. The minimum absolute atomic E-state index is 0.551. The van der Waals surface area contributed by atoms with Crippen molar-refractivity contribution >= 4 is 0 Å². The number of likely N-dealkylation sites (N-methyl/N-ethyl adjacent to an activating group) is 1. The highest BCUT2D eigenvalue weighted by molar-refractivity contribution is 5.38. The molecule has 1 aromatic rings. The summed E-state index contributed by atoms with van der Waals surface area (Å²) in [7, 11) is 2.09. The summed E-state index contributed by atoms with van der Waals surface area (Å²) >= 11 is 0. The molecule has 1 aliphatic rings. The average molecular weight is 247 g/mol. The van der Waals surface area contributed by atoms with E-state index in [0.29, 0.717) is 17.9 Å². The van der Waals surface area contributed by atoms with E-state index in [1.807, 2.05) is 0 Å². The summed E-state index contributed by atoms with van der Waals surface area (Å²) < 4.78 is 5.76. The Bertz CT molecular complexity index is 377. The maximum Gasteiger partial charge on any atom is 0.122 e. The first kappa shape index (κ1) is 13.4. The second-order valence-electron chi connectivity index (χ2n) is 5.36. The molecular weight excluding hydrogens is 222 g/mol. The number of hydrogen-bond acceptors (Lipinski definition) is 2. The predicted molar refractivity (Wildman–Crippen MR) is 76.2 cm³/mol. The van der Waals surface area contributed by atoms with Crippen LogP contribution >= 0.6 is 0 Å². The Morgan fingerprint density at radius 1 is 1.39 bits per heavy atom. The van der Waals surface area contributed by atoms with Crippen LogP contribution < -0.4 is 10.1 Å². The van der Waals surface area contributed by atoms with Gasteiger partial charge in [-0.15, -0.1) is 0 Å². The molecule has 3 unspecified atom stereocenters. The van der Waals surface area contributed by atoms with E-state index in [0.717, 1.165) is 18.8 Å². The lowest BCUT2D eigenvalue weighted by Gasteiger charge is -2.35. The van der Waals surface area contributed by atoms with Gasteiger partial charge < -0.3 is 10.1 Å². The summed E-state index contributed by atoms with van der Waals surface area (Å²) in [5.74, 6) is 2.37. The van der Waals surface area contributed by atoms with Crippen molar-refractivity contribution in [2.24, 2.45) is 5.92 Å². The quantitative estimate of drug-likeness (QED) is 0.858. The van der Waals surface area contributed by atoms with Crippen LogP contribution in [0.1, 0.15) is 44.6 Å². The summed E-state index contributed by atoms with van der Waals surface area (Å²) in [5.41, 5.74) is 1.38. The molecule has 0 saturated heterocycles. The van der Waals surface area contributed by atoms with E-state index in [1.165, 1.54) is 18.4 Å². The molecule has 0 bridgehead atoms. The Kier molecular flexibility index (Phi) is 4.65. The molecule has 2 heteroatoms. The van der Waals surface area contributed by atoms with Gasteiger partial charge in [0, 0.05) is 12.0 Å². The van der Waals surface area contributed by atoms with E-state index >= 15 is 0 Å². The highest BCUT2D eigenvalue weighted by Gasteiger charge is 2.30. The maximum absolute atomic E-state index is 5.76. The Morgan fingerprint density at radius 2 is 2.17 bits per heavy atom. The summed E-state index contributed by atoms with van der Waals surface area (Å²) in [6.45, 7) is 5.47. The molecule has 0 saturated carbocycles. The monoisotopic (exact) mass is 247 g/mol. The number of para-hydroxylation sites is 1. The fraction of sp³-hybridized carbons (Fsp3) is 0.625. The first-order chi connectivity index (χ1) is 8.77. The summed E-state index contributed by atoms with van der Waals surface area (Å²) in [6.07, 6.45) is 3.66. The van der Waals surface area contributed by atoms with Crippen molar-refractivity contribution in [1.29, 1.82) is 0 Å². The first-order valence-electron chi connectivity index (χ1n) is 7.17. The molecule has 1 N–H and O–H groups in total. The van der Waals surface area contributed by atoms with Crippen LogP contribution in [0.15, 0.2) is 24.3 Å². The van der Waals surface area contributed by atoms with Gasteiger partial charge in [-0.2, -0.15) is 0 Å². The minimum Gasteiger partial charge on any atom is -0.493 e. The van der Waals surface area contributed by atoms with Gasteiger partial charge in [-0.1, -0.05) is 38.5 Å². The molecule has 0 radical (unpaired) electrons. The van der Waals surface area contributed by atoms with Gasteiger partial charge in [0.25, 0.3) is 0 Å². The molecule has 2 nitrogen and oxygen atoms in total. The highest BCUT2D eigenvalue weighted by atomic mass is 16.5. The number of nitrogens with one attached hydrogen (secondary N) is 1. The standard InChI is InChI=1S/C16H25NO/c1-4-7-12(2)16(17-3)14-10-11-18-15-9-6-5-8-13(14)15/h5-6,8-9,12,14,16-17H,4,7,10-11H2,1-3H3. The van der Waals surface area contributed by atoms with Gasteiger partial charge in [-0.3, -0.25) is 0 Å². The molecule has 100 valence electrons. The molecule has 0 spiro atoms. The zero-order valence-corrected chi connectivity index (χ0v) is 11.8. The number of hydrogen-bond donors (Lipinski definition) is 1. The van der Waals surface area contributed by atoms with Crippen molar-refractivity contribution in [3.8, 4) is 5.75 Å². The van der Waals surface area contributed by atoms with Crippen LogP contribution in [-0.4, -0.2) is 19.7 Å². The van der Waals surface area contributed by atoms with E-state index in [2.05, 4.69) is 50.5 Å². The van der Waals surface area contributed by atoms with Crippen molar-refractivity contribution in [3.63, 3.8) is 0 Å². The van der Waals surface area contributed by atoms with Crippen molar-refractivity contribution in [2.75, 3.05) is 13.7 Å². The fourth-order valence-electron chi connectivity index (χ4n) is 3.26. The number of rotatable bonds is 5. The zero-order valence-electron chi connectivity index (χ0n) is 11.8. The third kappa shape index (κ3) is 2.69. The maximum atomic E-state index is 5.76. The molecule has 18 heavy (non-hydrogen) atoms. The molecule has 0 fully saturated rings. The van der Waals surface area contributed by atoms with Gasteiger partial charge in [-0.25, -0.2) is 0 Å². The molecular formula is C16H25NO. The Balaban J connectivity index is 2.22. The molecule has 0 aromatic heterocycles. The molecule has 2 rings (SSSR count). The average Bonchev–Trinajstić information content (AvgIpc) is 2.40. The van der Waals surface area contributed by atoms with E-state index < -0.39 is 0 Å². The summed E-state index contributed by atoms with van der Waals surface area (Å²) in [5, 5.41) is 3.54. The van der Waals surface area contributed by atoms with Gasteiger partial charge in [0.05, 0.1) is 6.61 Å². The SMILES string of the molecule is CCCC(C)C(NC)C1CCOc2ccccc21. The number of benzene rings is 1. The molecule has 3 atom stereocenters.